The summed E-state index contributed by atoms with van der Waals surface area (Å²) in [6.45, 7) is 7.21. The van der Waals surface area contributed by atoms with Crippen molar-refractivity contribution in [2.45, 2.75) is 52.0 Å². The fraction of sp³-hybridized carbons (Fsp3) is 1.00. The lowest BCUT2D eigenvalue weighted by Gasteiger charge is -2.40. The van der Waals surface area contributed by atoms with Gasteiger partial charge in [-0.2, -0.15) is 17.4 Å². The molecule has 0 spiro atoms. The smallest absolute Gasteiger partial charge is 0.279 e. The molecule has 0 amide bonds. The normalized spacial score (nSPS) is 29.7. The van der Waals surface area contributed by atoms with E-state index in [9.17, 15) is 8.42 Å². The average Bonchev–Trinajstić information content (AvgIpc) is 2.29. The van der Waals surface area contributed by atoms with Crippen molar-refractivity contribution in [2.24, 2.45) is 11.7 Å². The van der Waals surface area contributed by atoms with Gasteiger partial charge in [0.05, 0.1) is 0 Å². The van der Waals surface area contributed by atoms with Crippen LogP contribution in [0.2, 0.25) is 0 Å². The minimum absolute atomic E-state index is 0.373. The van der Waals surface area contributed by atoms with E-state index < -0.39 is 15.7 Å². The molecule has 18 heavy (non-hydrogen) atoms. The highest BCUT2D eigenvalue weighted by atomic mass is 32.2. The van der Waals surface area contributed by atoms with Crippen LogP contribution < -0.4 is 10.5 Å². The van der Waals surface area contributed by atoms with E-state index in [4.69, 9.17) is 5.73 Å². The quantitative estimate of drug-likeness (QED) is 0.762. The van der Waals surface area contributed by atoms with Crippen molar-refractivity contribution >= 4 is 10.2 Å². The first-order chi connectivity index (χ1) is 8.39. The molecule has 2 atom stereocenters. The summed E-state index contributed by atoms with van der Waals surface area (Å²) in [7, 11) is -3.41. The number of nitrogens with one attached hydrogen (secondary N) is 1. The topological polar surface area (TPSA) is 75.4 Å². The van der Waals surface area contributed by atoms with Crippen LogP contribution in [0.5, 0.6) is 0 Å². The van der Waals surface area contributed by atoms with E-state index >= 15 is 0 Å². The van der Waals surface area contributed by atoms with Gasteiger partial charge in [-0.05, 0) is 18.8 Å². The first-order valence-electron chi connectivity index (χ1n) is 6.88. The maximum absolute atomic E-state index is 12.3. The van der Waals surface area contributed by atoms with Gasteiger partial charge in [0.2, 0.25) is 0 Å². The average molecular weight is 277 g/mol. The zero-order chi connectivity index (χ0) is 13.8. The van der Waals surface area contributed by atoms with Gasteiger partial charge in [-0.1, -0.05) is 33.6 Å². The maximum atomic E-state index is 12.3. The molecule has 0 aromatic rings. The number of hydrogen-bond acceptors (Lipinski definition) is 3. The Morgan fingerprint density at radius 2 is 2.00 bits per heavy atom. The summed E-state index contributed by atoms with van der Waals surface area (Å²) in [4.78, 5) is 0. The predicted octanol–water partition coefficient (Wildman–Crippen LogP) is 1.07. The predicted molar refractivity (Wildman–Crippen MR) is 74.4 cm³/mol. The molecule has 1 rings (SSSR count). The van der Waals surface area contributed by atoms with E-state index in [-0.39, 0.29) is 0 Å². The molecule has 0 bridgehead atoms. The second-order valence-electron chi connectivity index (χ2n) is 5.38. The number of nitrogens with zero attached hydrogens (tertiary/aromatic N) is 1. The van der Waals surface area contributed by atoms with Gasteiger partial charge in [0.25, 0.3) is 10.2 Å². The van der Waals surface area contributed by atoms with Crippen molar-refractivity contribution in [2.75, 3.05) is 19.6 Å². The van der Waals surface area contributed by atoms with E-state index in [0.717, 1.165) is 25.7 Å². The molecule has 1 aliphatic rings. The Bertz CT molecular complexity index is 354. The summed E-state index contributed by atoms with van der Waals surface area (Å²) >= 11 is 0. The second-order valence-corrected chi connectivity index (χ2v) is 7.05. The fourth-order valence-electron chi connectivity index (χ4n) is 2.88. The molecule has 108 valence electrons. The number of nitrogens with two attached hydrogens (primary N) is 1. The van der Waals surface area contributed by atoms with Gasteiger partial charge < -0.3 is 5.73 Å². The lowest BCUT2D eigenvalue weighted by atomic mass is 9.77. The van der Waals surface area contributed by atoms with E-state index in [1.165, 1.54) is 4.31 Å². The summed E-state index contributed by atoms with van der Waals surface area (Å²) in [5.74, 6) is 0.529. The molecule has 5 nitrogen and oxygen atoms in total. The SMILES string of the molecule is CCN(CC)S(=O)(=O)NC1(CN)CCCC(C)C1. The van der Waals surface area contributed by atoms with Crippen molar-refractivity contribution < 1.29 is 8.42 Å². The van der Waals surface area contributed by atoms with E-state index in [1.807, 2.05) is 13.8 Å². The summed E-state index contributed by atoms with van der Waals surface area (Å²) in [5, 5.41) is 0. The molecular formula is C12H27N3O2S. The van der Waals surface area contributed by atoms with Crippen LogP contribution in [0.4, 0.5) is 0 Å². The van der Waals surface area contributed by atoms with Gasteiger partial charge >= 0.3 is 0 Å². The Balaban J connectivity index is 2.85. The molecule has 0 aromatic carbocycles. The molecule has 0 heterocycles. The minimum atomic E-state index is -3.41. The van der Waals surface area contributed by atoms with Crippen LogP contribution in [0.15, 0.2) is 0 Å². The lowest BCUT2D eigenvalue weighted by molar-refractivity contribution is 0.218. The molecule has 2 unspecified atom stereocenters. The van der Waals surface area contributed by atoms with Gasteiger partial charge in [0.1, 0.15) is 0 Å². The molecule has 1 aliphatic carbocycles. The summed E-state index contributed by atoms with van der Waals surface area (Å²) in [6, 6.07) is 0. The third kappa shape index (κ3) is 3.66. The monoisotopic (exact) mass is 277 g/mol. The molecule has 6 heteroatoms. The number of rotatable bonds is 6. The third-order valence-corrected chi connectivity index (χ3v) is 5.76. The first kappa shape index (κ1) is 15.9. The molecule has 0 radical (unpaired) electrons. The van der Waals surface area contributed by atoms with E-state index in [0.29, 0.717) is 25.6 Å². The van der Waals surface area contributed by atoms with Gasteiger partial charge in [0, 0.05) is 25.2 Å². The van der Waals surface area contributed by atoms with Crippen molar-refractivity contribution in [1.82, 2.24) is 9.03 Å². The highest BCUT2D eigenvalue weighted by molar-refractivity contribution is 7.87. The second kappa shape index (κ2) is 6.32. The van der Waals surface area contributed by atoms with E-state index in [1.54, 1.807) is 0 Å². The molecule has 3 N–H and O–H groups in total. The van der Waals surface area contributed by atoms with Crippen molar-refractivity contribution in [1.29, 1.82) is 0 Å². The molecule has 0 saturated heterocycles. The first-order valence-corrected chi connectivity index (χ1v) is 8.32. The third-order valence-electron chi connectivity index (χ3n) is 3.87. The minimum Gasteiger partial charge on any atom is -0.329 e. The van der Waals surface area contributed by atoms with Gasteiger partial charge in [0.15, 0.2) is 0 Å². The standard InChI is InChI=1S/C12H27N3O2S/c1-4-15(5-2)18(16,17)14-12(10-13)8-6-7-11(3)9-12/h11,14H,4-10,13H2,1-3H3. The van der Waals surface area contributed by atoms with Crippen LogP contribution in [0.1, 0.15) is 46.5 Å². The van der Waals surface area contributed by atoms with Crippen molar-refractivity contribution in [3.05, 3.63) is 0 Å². The highest BCUT2D eigenvalue weighted by Crippen LogP contribution is 2.32. The van der Waals surface area contributed by atoms with Crippen LogP contribution >= 0.6 is 0 Å². The zero-order valence-electron chi connectivity index (χ0n) is 11.8. The van der Waals surface area contributed by atoms with E-state index in [2.05, 4.69) is 11.6 Å². The fourth-order valence-corrected chi connectivity index (χ4v) is 4.51. The van der Waals surface area contributed by atoms with Crippen LogP contribution in [0.25, 0.3) is 0 Å². The number of hydrogen-bond donors (Lipinski definition) is 2. The molecular weight excluding hydrogens is 250 g/mol. The Kier molecular flexibility index (Phi) is 5.58. The van der Waals surface area contributed by atoms with Crippen LogP contribution in [-0.2, 0) is 10.2 Å². The molecule has 0 aromatic heterocycles. The zero-order valence-corrected chi connectivity index (χ0v) is 12.6. The Morgan fingerprint density at radius 3 is 2.44 bits per heavy atom. The van der Waals surface area contributed by atoms with Crippen molar-refractivity contribution in [3.8, 4) is 0 Å². The van der Waals surface area contributed by atoms with Gasteiger partial charge in [-0.15, -0.1) is 0 Å². The van der Waals surface area contributed by atoms with Crippen molar-refractivity contribution in [3.63, 3.8) is 0 Å². The Morgan fingerprint density at radius 1 is 1.39 bits per heavy atom. The Labute approximate surface area is 111 Å². The Hall–Kier alpha value is -0.170. The van der Waals surface area contributed by atoms with Gasteiger partial charge in [-0.3, -0.25) is 0 Å². The van der Waals surface area contributed by atoms with Gasteiger partial charge in [-0.25, -0.2) is 0 Å². The summed E-state index contributed by atoms with van der Waals surface area (Å²) < 4.78 is 28.9. The highest BCUT2D eigenvalue weighted by Gasteiger charge is 2.38. The molecule has 1 saturated carbocycles. The summed E-state index contributed by atoms with van der Waals surface area (Å²) in [6.07, 6.45) is 3.88. The van der Waals surface area contributed by atoms with Crippen LogP contribution in [-0.4, -0.2) is 37.9 Å². The van der Waals surface area contributed by atoms with Crippen LogP contribution in [0.3, 0.4) is 0 Å². The maximum Gasteiger partial charge on any atom is 0.279 e. The molecule has 1 fully saturated rings. The summed E-state index contributed by atoms with van der Waals surface area (Å²) in [5.41, 5.74) is 5.40. The lowest BCUT2D eigenvalue weighted by Crippen LogP contribution is -2.59. The van der Waals surface area contributed by atoms with Crippen LogP contribution in [0, 0.1) is 5.92 Å². The largest absolute Gasteiger partial charge is 0.329 e. The molecule has 0 aliphatic heterocycles.